The van der Waals surface area contributed by atoms with Crippen LogP contribution >= 0.6 is 0 Å². The van der Waals surface area contributed by atoms with Crippen LogP contribution in [0.25, 0.3) is 11.3 Å². The van der Waals surface area contributed by atoms with Gasteiger partial charge in [-0.05, 0) is 30.3 Å². The Morgan fingerprint density at radius 1 is 1.25 bits per heavy atom. The first kappa shape index (κ1) is 16.9. The Balaban J connectivity index is 1.41. The molecule has 0 bridgehead atoms. The number of ether oxygens (including phenoxy) is 3. The summed E-state index contributed by atoms with van der Waals surface area (Å²) in [6.45, 7) is 1.64. The van der Waals surface area contributed by atoms with E-state index in [-0.39, 0.29) is 12.7 Å². The van der Waals surface area contributed by atoms with Gasteiger partial charge in [-0.15, -0.1) is 0 Å². The number of aromatic amines is 1. The van der Waals surface area contributed by atoms with Gasteiger partial charge in [-0.1, -0.05) is 0 Å². The number of H-pyrrole nitrogens is 1. The second-order valence-electron chi connectivity index (χ2n) is 6.77. The fourth-order valence-corrected chi connectivity index (χ4v) is 3.62. The van der Waals surface area contributed by atoms with Crippen molar-refractivity contribution in [2.24, 2.45) is 0 Å². The first-order valence-electron chi connectivity index (χ1n) is 9.06. The Bertz CT molecular complexity index is 1040. The number of amides is 1. The Kier molecular flexibility index (Phi) is 4.05. The number of methoxy groups -OCH3 is 1. The largest absolute Gasteiger partial charge is 0.454 e. The number of rotatable bonds is 4. The molecule has 0 saturated heterocycles. The van der Waals surface area contributed by atoms with E-state index in [1.807, 2.05) is 18.2 Å². The minimum atomic E-state index is -0.133. The lowest BCUT2D eigenvalue weighted by Crippen LogP contribution is -2.35. The third kappa shape index (κ3) is 2.82. The van der Waals surface area contributed by atoms with Gasteiger partial charge in [0.2, 0.25) is 6.79 Å². The fraction of sp³-hybridized carbons (Fsp3) is 0.300. The first-order chi connectivity index (χ1) is 13.7. The third-order valence-corrected chi connectivity index (χ3v) is 5.03. The lowest BCUT2D eigenvalue weighted by atomic mass is 10.0. The molecule has 0 fully saturated rings. The van der Waals surface area contributed by atoms with Gasteiger partial charge in [-0.3, -0.25) is 9.89 Å². The van der Waals surface area contributed by atoms with E-state index in [0.717, 1.165) is 28.3 Å². The van der Waals surface area contributed by atoms with Gasteiger partial charge in [-0.2, -0.15) is 5.10 Å². The van der Waals surface area contributed by atoms with E-state index in [1.54, 1.807) is 24.1 Å². The highest BCUT2D eigenvalue weighted by Crippen LogP contribution is 2.37. The Morgan fingerprint density at radius 3 is 3.04 bits per heavy atom. The zero-order chi connectivity index (χ0) is 19.1. The summed E-state index contributed by atoms with van der Waals surface area (Å²) in [5.41, 5.74) is 3.82. The maximum atomic E-state index is 12.9. The van der Waals surface area contributed by atoms with Crippen molar-refractivity contribution in [3.05, 3.63) is 53.1 Å². The molecule has 8 heteroatoms. The van der Waals surface area contributed by atoms with Crippen molar-refractivity contribution in [2.45, 2.75) is 19.6 Å². The van der Waals surface area contributed by atoms with Crippen LogP contribution in [0.15, 0.2) is 34.7 Å². The summed E-state index contributed by atoms with van der Waals surface area (Å²) in [6.07, 6.45) is 0.713. The van der Waals surface area contributed by atoms with Crippen LogP contribution in [-0.2, 0) is 24.3 Å². The summed E-state index contributed by atoms with van der Waals surface area (Å²) in [6, 6.07) is 9.21. The van der Waals surface area contributed by atoms with Gasteiger partial charge in [0.05, 0.1) is 12.2 Å². The minimum absolute atomic E-state index is 0.133. The number of carbonyl (C=O) groups is 1. The molecule has 0 spiro atoms. The predicted octanol–water partition coefficient (Wildman–Crippen LogP) is 2.74. The molecule has 1 aromatic carbocycles. The summed E-state index contributed by atoms with van der Waals surface area (Å²) in [5, 5.41) is 7.60. The third-order valence-electron chi connectivity index (χ3n) is 5.03. The van der Waals surface area contributed by atoms with Crippen molar-refractivity contribution >= 4 is 5.91 Å². The molecule has 28 heavy (non-hydrogen) atoms. The molecule has 1 N–H and O–H groups in total. The van der Waals surface area contributed by atoms with Crippen molar-refractivity contribution in [3.63, 3.8) is 0 Å². The average Bonchev–Trinajstić information content (AvgIpc) is 3.45. The summed E-state index contributed by atoms with van der Waals surface area (Å²) < 4.78 is 21.5. The molecule has 2 aromatic heterocycles. The maximum Gasteiger partial charge on any atom is 0.289 e. The lowest BCUT2D eigenvalue weighted by Gasteiger charge is -2.26. The van der Waals surface area contributed by atoms with Gasteiger partial charge in [-0.25, -0.2) is 0 Å². The van der Waals surface area contributed by atoms with E-state index in [4.69, 9.17) is 18.6 Å². The molecule has 0 aliphatic carbocycles. The molecule has 3 aromatic rings. The number of hydrogen-bond acceptors (Lipinski definition) is 6. The van der Waals surface area contributed by atoms with Crippen LogP contribution in [0, 0.1) is 0 Å². The smallest absolute Gasteiger partial charge is 0.289 e. The molecule has 1 amide bonds. The van der Waals surface area contributed by atoms with Crippen LogP contribution in [0.2, 0.25) is 0 Å². The van der Waals surface area contributed by atoms with Crippen LogP contribution < -0.4 is 9.47 Å². The molecule has 0 saturated carbocycles. The second kappa shape index (κ2) is 6.72. The van der Waals surface area contributed by atoms with Crippen molar-refractivity contribution in [1.82, 2.24) is 15.1 Å². The number of aromatic nitrogens is 2. The van der Waals surface area contributed by atoms with Crippen LogP contribution in [0.1, 0.15) is 27.6 Å². The van der Waals surface area contributed by atoms with E-state index in [1.165, 1.54) is 0 Å². The van der Waals surface area contributed by atoms with Crippen molar-refractivity contribution in [1.29, 1.82) is 0 Å². The minimum Gasteiger partial charge on any atom is -0.454 e. The normalized spacial score (nSPS) is 15.0. The zero-order valence-electron chi connectivity index (χ0n) is 15.4. The zero-order valence-corrected chi connectivity index (χ0v) is 15.4. The van der Waals surface area contributed by atoms with E-state index in [0.29, 0.717) is 43.4 Å². The molecule has 0 atom stereocenters. The number of nitrogens with zero attached hydrogens (tertiary/aromatic N) is 2. The fourth-order valence-electron chi connectivity index (χ4n) is 3.62. The molecule has 8 nitrogen and oxygen atoms in total. The molecular formula is C20H19N3O5. The van der Waals surface area contributed by atoms with E-state index < -0.39 is 0 Å². The molecule has 0 radical (unpaired) electrons. The average molecular weight is 381 g/mol. The van der Waals surface area contributed by atoms with Gasteiger partial charge >= 0.3 is 0 Å². The Hall–Kier alpha value is -3.26. The number of benzene rings is 1. The van der Waals surface area contributed by atoms with Crippen molar-refractivity contribution in [2.75, 3.05) is 20.4 Å². The summed E-state index contributed by atoms with van der Waals surface area (Å²) in [7, 11) is 1.59. The van der Waals surface area contributed by atoms with Crippen LogP contribution in [0.5, 0.6) is 11.5 Å². The SMILES string of the molecule is COCc1ccc(C(=O)N2CCc3[nH]nc(-c4ccc5c(c4)OCO5)c3C2)o1. The number of carbonyl (C=O) groups excluding carboxylic acids is 1. The van der Waals surface area contributed by atoms with Crippen molar-refractivity contribution < 1.29 is 23.4 Å². The molecule has 5 rings (SSSR count). The van der Waals surface area contributed by atoms with Crippen LogP contribution in [-0.4, -0.2) is 41.5 Å². The number of nitrogens with one attached hydrogen (secondary N) is 1. The maximum absolute atomic E-state index is 12.9. The number of furan rings is 1. The first-order valence-corrected chi connectivity index (χ1v) is 9.06. The topological polar surface area (TPSA) is 89.8 Å². The van der Waals surface area contributed by atoms with Crippen molar-refractivity contribution in [3.8, 4) is 22.8 Å². The molecule has 2 aliphatic rings. The van der Waals surface area contributed by atoms with Gasteiger partial charge < -0.3 is 23.5 Å². The number of fused-ring (bicyclic) bond motifs is 2. The molecule has 0 unspecified atom stereocenters. The molecule has 4 heterocycles. The summed E-state index contributed by atoms with van der Waals surface area (Å²) in [5.74, 6) is 2.26. The van der Waals surface area contributed by atoms with Gasteiger partial charge in [0.1, 0.15) is 12.4 Å². The van der Waals surface area contributed by atoms with E-state index >= 15 is 0 Å². The second-order valence-corrected chi connectivity index (χ2v) is 6.77. The highest BCUT2D eigenvalue weighted by atomic mass is 16.7. The Morgan fingerprint density at radius 2 is 2.14 bits per heavy atom. The Labute approximate surface area is 161 Å². The number of hydrogen-bond donors (Lipinski definition) is 1. The van der Waals surface area contributed by atoms with Gasteiger partial charge in [0, 0.05) is 36.9 Å². The highest BCUT2D eigenvalue weighted by Gasteiger charge is 2.28. The monoisotopic (exact) mass is 381 g/mol. The lowest BCUT2D eigenvalue weighted by molar-refractivity contribution is 0.0694. The standard InChI is InChI=1S/C20H19N3O5/c1-25-10-13-3-5-17(28-13)20(24)23-7-6-15-14(9-23)19(22-21-15)12-2-4-16-18(8-12)27-11-26-16/h2-5,8H,6-7,9-11H2,1H3,(H,21,22). The quantitative estimate of drug-likeness (QED) is 0.747. The van der Waals surface area contributed by atoms with E-state index in [9.17, 15) is 4.79 Å². The highest BCUT2D eigenvalue weighted by molar-refractivity contribution is 5.91. The molecule has 2 aliphatic heterocycles. The van der Waals surface area contributed by atoms with Crippen LogP contribution in [0.3, 0.4) is 0 Å². The predicted molar refractivity (Wildman–Crippen MR) is 98.0 cm³/mol. The van der Waals surface area contributed by atoms with Crippen LogP contribution in [0.4, 0.5) is 0 Å². The molecule has 144 valence electrons. The van der Waals surface area contributed by atoms with E-state index in [2.05, 4.69) is 10.2 Å². The summed E-state index contributed by atoms with van der Waals surface area (Å²) in [4.78, 5) is 14.7. The summed E-state index contributed by atoms with van der Waals surface area (Å²) >= 11 is 0. The van der Waals surface area contributed by atoms with Gasteiger partial charge in [0.25, 0.3) is 5.91 Å². The molecular weight excluding hydrogens is 362 g/mol. The van der Waals surface area contributed by atoms with Gasteiger partial charge in [0.15, 0.2) is 17.3 Å².